The van der Waals surface area contributed by atoms with Crippen molar-refractivity contribution in [2.24, 2.45) is 0 Å². The van der Waals surface area contributed by atoms with E-state index < -0.39 is 0 Å². The van der Waals surface area contributed by atoms with Gasteiger partial charge in [0.05, 0.1) is 11.1 Å². The van der Waals surface area contributed by atoms with E-state index in [2.05, 4.69) is 31.8 Å². The lowest BCUT2D eigenvalue weighted by Crippen LogP contribution is -2.11. The smallest absolute Gasteiger partial charge is 0.250 e. The number of carbonyl (C=O) groups is 1. The number of amides is 1. The maximum Gasteiger partial charge on any atom is 0.250 e. The molecule has 128 valence electrons. The molecule has 0 aliphatic rings. The zero-order valence-electron chi connectivity index (χ0n) is 14.0. The quantitative estimate of drug-likeness (QED) is 0.532. The first kappa shape index (κ1) is 16.2. The van der Waals surface area contributed by atoms with Crippen LogP contribution in [0.4, 0.5) is 5.69 Å². The van der Waals surface area contributed by atoms with E-state index in [1.165, 1.54) is 6.33 Å². The molecule has 0 spiro atoms. The average Bonchev–Trinajstić information content (AvgIpc) is 3.30. The van der Waals surface area contributed by atoms with Gasteiger partial charge in [0, 0.05) is 40.2 Å². The largest absolute Gasteiger partial charge is 0.345 e. The van der Waals surface area contributed by atoms with E-state index in [0.29, 0.717) is 11.3 Å². The Kier molecular flexibility index (Phi) is 4.06. The summed E-state index contributed by atoms with van der Waals surface area (Å²) in [6, 6.07) is 7.56. The number of hydrogen-bond acceptors (Lipinski definition) is 5. The molecule has 2 N–H and O–H groups in total. The molecule has 1 amide bonds. The zero-order valence-corrected chi connectivity index (χ0v) is 14.8. The second-order valence-corrected chi connectivity index (χ2v) is 6.70. The van der Waals surface area contributed by atoms with Crippen LogP contribution in [-0.2, 0) is 4.79 Å². The highest BCUT2D eigenvalue weighted by molar-refractivity contribution is 7.13. The summed E-state index contributed by atoms with van der Waals surface area (Å²) < 4.78 is 0. The van der Waals surface area contributed by atoms with Gasteiger partial charge in [-0.05, 0) is 19.1 Å². The van der Waals surface area contributed by atoms with E-state index in [0.717, 1.165) is 32.9 Å². The summed E-state index contributed by atoms with van der Waals surface area (Å²) in [5.74, 6) is -0.208. The van der Waals surface area contributed by atoms with Crippen LogP contribution < -0.4 is 5.32 Å². The molecule has 0 unspecified atom stereocenters. The van der Waals surface area contributed by atoms with Gasteiger partial charge in [-0.2, -0.15) is 0 Å². The van der Waals surface area contributed by atoms with Crippen LogP contribution in [0.5, 0.6) is 0 Å². The molecule has 4 rings (SSSR count). The Morgan fingerprint density at radius 3 is 2.92 bits per heavy atom. The minimum absolute atomic E-state index is 0.208. The Balaban J connectivity index is 1.84. The lowest BCUT2D eigenvalue weighted by Gasteiger charge is -2.08. The summed E-state index contributed by atoms with van der Waals surface area (Å²) in [7, 11) is 0. The average molecular weight is 361 g/mol. The van der Waals surface area contributed by atoms with Crippen molar-refractivity contribution in [1.82, 2.24) is 19.9 Å². The topological polar surface area (TPSA) is 83.6 Å². The highest BCUT2D eigenvalue weighted by atomic mass is 32.1. The number of rotatable bonds is 4. The number of carbonyl (C=O) groups excluding carboxylic acids is 1. The summed E-state index contributed by atoms with van der Waals surface area (Å²) >= 11 is 1.56. The number of aromatic nitrogens is 4. The first-order valence-electron chi connectivity index (χ1n) is 7.92. The van der Waals surface area contributed by atoms with E-state index in [1.54, 1.807) is 24.5 Å². The molecule has 4 aromatic rings. The molecule has 7 heteroatoms. The van der Waals surface area contributed by atoms with Crippen molar-refractivity contribution >= 4 is 34.0 Å². The maximum atomic E-state index is 11.9. The predicted molar refractivity (Wildman–Crippen MR) is 104 cm³/mol. The SMILES string of the molecule is C=C(C)C(=O)Nc1cccc(-c2ncnc3[nH]cc(-c4nccs4)c23)c1. The third-order valence-corrected chi connectivity index (χ3v) is 4.72. The second kappa shape index (κ2) is 6.53. The molecule has 0 aliphatic heterocycles. The maximum absolute atomic E-state index is 11.9. The van der Waals surface area contributed by atoms with Crippen molar-refractivity contribution in [3.63, 3.8) is 0 Å². The van der Waals surface area contributed by atoms with E-state index >= 15 is 0 Å². The summed E-state index contributed by atoms with van der Waals surface area (Å²) in [5, 5.41) is 6.58. The van der Waals surface area contributed by atoms with E-state index in [9.17, 15) is 4.79 Å². The monoisotopic (exact) mass is 361 g/mol. The van der Waals surface area contributed by atoms with Gasteiger partial charge in [-0.1, -0.05) is 18.7 Å². The fraction of sp³-hybridized carbons (Fsp3) is 0.0526. The Labute approximate surface area is 153 Å². The van der Waals surface area contributed by atoms with Crippen molar-refractivity contribution in [3.8, 4) is 21.8 Å². The third kappa shape index (κ3) is 2.89. The molecule has 3 aromatic heterocycles. The van der Waals surface area contributed by atoms with Crippen LogP contribution in [0, 0.1) is 0 Å². The number of anilines is 1. The van der Waals surface area contributed by atoms with Gasteiger partial charge in [0.25, 0.3) is 5.91 Å². The standard InChI is InChI=1S/C19H15N5OS/c1-11(2)18(25)24-13-5-3-4-12(8-13)16-15-14(19-20-6-7-26-19)9-21-17(15)23-10-22-16/h3-10H,1H2,2H3,(H,24,25)(H,21,22,23). The Hall–Kier alpha value is -3.32. The van der Waals surface area contributed by atoms with Crippen LogP contribution in [0.1, 0.15) is 6.92 Å². The van der Waals surface area contributed by atoms with Gasteiger partial charge in [-0.25, -0.2) is 15.0 Å². The third-order valence-electron chi connectivity index (χ3n) is 3.91. The number of nitrogens with zero attached hydrogens (tertiary/aromatic N) is 3. The van der Waals surface area contributed by atoms with Gasteiger partial charge >= 0.3 is 0 Å². The number of thiazole rings is 1. The second-order valence-electron chi connectivity index (χ2n) is 5.80. The molecule has 0 atom stereocenters. The van der Waals surface area contributed by atoms with Gasteiger partial charge < -0.3 is 10.3 Å². The van der Waals surface area contributed by atoms with Crippen LogP contribution in [0.2, 0.25) is 0 Å². The molecule has 26 heavy (non-hydrogen) atoms. The first-order valence-corrected chi connectivity index (χ1v) is 8.80. The van der Waals surface area contributed by atoms with E-state index in [4.69, 9.17) is 0 Å². The lowest BCUT2D eigenvalue weighted by molar-refractivity contribution is -0.112. The van der Waals surface area contributed by atoms with Crippen molar-refractivity contribution in [2.45, 2.75) is 6.92 Å². The molecule has 0 saturated heterocycles. The number of hydrogen-bond donors (Lipinski definition) is 2. The highest BCUT2D eigenvalue weighted by Crippen LogP contribution is 2.35. The summed E-state index contributed by atoms with van der Waals surface area (Å²) in [6.45, 7) is 5.34. The zero-order chi connectivity index (χ0) is 18.1. The van der Waals surface area contributed by atoms with Crippen LogP contribution in [0.25, 0.3) is 32.9 Å². The number of nitrogens with one attached hydrogen (secondary N) is 2. The van der Waals surface area contributed by atoms with Crippen LogP contribution >= 0.6 is 11.3 Å². The number of H-pyrrole nitrogens is 1. The molecule has 6 nitrogen and oxygen atoms in total. The first-order chi connectivity index (χ1) is 12.6. The molecular weight excluding hydrogens is 346 g/mol. The van der Waals surface area contributed by atoms with E-state index in [1.807, 2.05) is 35.8 Å². The molecule has 3 heterocycles. The molecule has 1 aromatic carbocycles. The normalized spacial score (nSPS) is 10.8. The molecule has 0 saturated carbocycles. The molecule has 0 bridgehead atoms. The lowest BCUT2D eigenvalue weighted by atomic mass is 10.1. The van der Waals surface area contributed by atoms with Crippen molar-refractivity contribution < 1.29 is 4.79 Å². The van der Waals surface area contributed by atoms with Gasteiger partial charge in [0.2, 0.25) is 0 Å². The Morgan fingerprint density at radius 1 is 1.27 bits per heavy atom. The number of benzene rings is 1. The number of fused-ring (bicyclic) bond motifs is 1. The van der Waals surface area contributed by atoms with Gasteiger partial charge in [0.1, 0.15) is 17.0 Å². The molecule has 0 aliphatic carbocycles. The minimum Gasteiger partial charge on any atom is -0.345 e. The van der Waals surface area contributed by atoms with Gasteiger partial charge in [-0.3, -0.25) is 4.79 Å². The Bertz CT molecular complexity index is 1110. The fourth-order valence-corrected chi connectivity index (χ4v) is 3.35. The minimum atomic E-state index is -0.208. The molecule has 0 radical (unpaired) electrons. The van der Waals surface area contributed by atoms with Crippen molar-refractivity contribution in [2.75, 3.05) is 5.32 Å². The summed E-state index contributed by atoms with van der Waals surface area (Å²) in [5.41, 5.74) is 4.52. The molecule has 0 fully saturated rings. The fourth-order valence-electron chi connectivity index (χ4n) is 2.69. The summed E-state index contributed by atoms with van der Waals surface area (Å²) in [4.78, 5) is 28.3. The summed E-state index contributed by atoms with van der Waals surface area (Å²) in [6.07, 6.45) is 5.20. The predicted octanol–water partition coefficient (Wildman–Crippen LogP) is 4.26. The number of aromatic amines is 1. The van der Waals surface area contributed by atoms with Crippen molar-refractivity contribution in [1.29, 1.82) is 0 Å². The molecular formula is C19H15N5OS. The van der Waals surface area contributed by atoms with Crippen LogP contribution in [0.15, 0.2) is 60.5 Å². The van der Waals surface area contributed by atoms with Crippen molar-refractivity contribution in [3.05, 3.63) is 60.5 Å². The Morgan fingerprint density at radius 2 is 2.15 bits per heavy atom. The van der Waals surface area contributed by atoms with E-state index in [-0.39, 0.29) is 5.91 Å². The van der Waals surface area contributed by atoms with Crippen LogP contribution in [-0.4, -0.2) is 25.8 Å². The van der Waals surface area contributed by atoms with Gasteiger partial charge in [0.15, 0.2) is 0 Å². The highest BCUT2D eigenvalue weighted by Gasteiger charge is 2.16. The van der Waals surface area contributed by atoms with Crippen LogP contribution in [0.3, 0.4) is 0 Å². The van der Waals surface area contributed by atoms with Gasteiger partial charge in [-0.15, -0.1) is 11.3 Å².